The largest absolute Gasteiger partial charge is 0.297 e. The van der Waals surface area contributed by atoms with E-state index in [2.05, 4.69) is 54.8 Å². The number of benzene rings is 1. The van der Waals surface area contributed by atoms with Gasteiger partial charge in [-0.15, -0.1) is 0 Å². The summed E-state index contributed by atoms with van der Waals surface area (Å²) in [4.78, 5) is 4.83. The first kappa shape index (κ1) is 15.0. The van der Waals surface area contributed by atoms with E-state index in [1.54, 1.807) is 0 Å². The molecule has 1 aromatic rings. The zero-order chi connectivity index (χ0) is 14.5. The van der Waals surface area contributed by atoms with Crippen molar-refractivity contribution in [3.8, 4) is 6.07 Å². The molecule has 1 atom stereocenters. The summed E-state index contributed by atoms with van der Waals surface area (Å²) in [7, 11) is 0. The molecule has 0 radical (unpaired) electrons. The van der Waals surface area contributed by atoms with Crippen LogP contribution in [0.5, 0.6) is 0 Å². The molecule has 3 nitrogen and oxygen atoms in total. The van der Waals surface area contributed by atoms with Crippen LogP contribution < -0.4 is 0 Å². The van der Waals surface area contributed by atoms with Crippen LogP contribution in [0.4, 0.5) is 0 Å². The second-order valence-corrected chi connectivity index (χ2v) is 5.74. The number of aryl methyl sites for hydroxylation is 2. The van der Waals surface area contributed by atoms with Crippen LogP contribution in [0.2, 0.25) is 0 Å². The Morgan fingerprint density at radius 3 is 2.25 bits per heavy atom. The highest BCUT2D eigenvalue weighted by Crippen LogP contribution is 2.17. The van der Waals surface area contributed by atoms with E-state index in [0.29, 0.717) is 0 Å². The number of rotatable bonds is 4. The van der Waals surface area contributed by atoms with Crippen LogP contribution in [0.15, 0.2) is 18.2 Å². The van der Waals surface area contributed by atoms with E-state index in [1.165, 1.54) is 16.7 Å². The van der Waals surface area contributed by atoms with Gasteiger partial charge >= 0.3 is 0 Å². The maximum atomic E-state index is 9.15. The summed E-state index contributed by atoms with van der Waals surface area (Å²) in [5.41, 5.74) is 4.24. The van der Waals surface area contributed by atoms with Gasteiger partial charge in [0, 0.05) is 32.7 Å². The van der Waals surface area contributed by atoms with E-state index in [1.807, 2.05) is 0 Å². The first-order valence-corrected chi connectivity index (χ1v) is 7.56. The number of hydrogen-bond donors (Lipinski definition) is 0. The Bertz CT molecular complexity index is 461. The fourth-order valence-electron chi connectivity index (χ4n) is 2.99. The zero-order valence-electron chi connectivity index (χ0n) is 12.9. The van der Waals surface area contributed by atoms with Crippen molar-refractivity contribution in [3.63, 3.8) is 0 Å². The van der Waals surface area contributed by atoms with Crippen LogP contribution in [0.3, 0.4) is 0 Å². The smallest absolute Gasteiger partial charge is 0.0976 e. The van der Waals surface area contributed by atoms with E-state index < -0.39 is 0 Å². The molecule has 2 rings (SSSR count). The Kier molecular flexibility index (Phi) is 5.17. The third-order valence-corrected chi connectivity index (χ3v) is 4.41. The van der Waals surface area contributed by atoms with Gasteiger partial charge in [-0.25, -0.2) is 0 Å². The van der Waals surface area contributed by atoms with Crippen molar-refractivity contribution >= 4 is 0 Å². The maximum Gasteiger partial charge on any atom is 0.0976 e. The molecule has 0 N–H and O–H groups in total. The van der Waals surface area contributed by atoms with Crippen molar-refractivity contribution in [1.29, 1.82) is 5.26 Å². The minimum absolute atomic E-state index is 0.0948. The summed E-state index contributed by atoms with van der Waals surface area (Å²) in [5, 5.41) is 9.15. The number of nitriles is 1. The zero-order valence-corrected chi connectivity index (χ0v) is 12.9. The van der Waals surface area contributed by atoms with Gasteiger partial charge in [-0.05, 0) is 37.0 Å². The molecule has 1 fully saturated rings. The molecule has 0 bridgehead atoms. The predicted octanol–water partition coefficient (Wildman–Crippen LogP) is 2.72. The van der Waals surface area contributed by atoms with E-state index in [4.69, 9.17) is 5.26 Å². The van der Waals surface area contributed by atoms with Crippen molar-refractivity contribution in [2.45, 2.75) is 39.8 Å². The van der Waals surface area contributed by atoms with E-state index >= 15 is 0 Å². The van der Waals surface area contributed by atoms with Crippen molar-refractivity contribution in [1.82, 2.24) is 9.80 Å². The maximum absolute atomic E-state index is 9.15. The quantitative estimate of drug-likeness (QED) is 0.843. The monoisotopic (exact) mass is 271 g/mol. The van der Waals surface area contributed by atoms with Gasteiger partial charge in [0.2, 0.25) is 0 Å². The second kappa shape index (κ2) is 6.88. The van der Waals surface area contributed by atoms with E-state index in [0.717, 1.165) is 39.1 Å². The van der Waals surface area contributed by atoms with Gasteiger partial charge in [-0.3, -0.25) is 9.80 Å². The lowest BCUT2D eigenvalue weighted by molar-refractivity contribution is 0.108. The number of nitrogens with zero attached hydrogens (tertiary/aromatic N) is 3. The Morgan fingerprint density at radius 1 is 1.15 bits per heavy atom. The number of hydrogen-bond acceptors (Lipinski definition) is 3. The molecular weight excluding hydrogens is 246 g/mol. The van der Waals surface area contributed by atoms with Gasteiger partial charge in [0.1, 0.15) is 0 Å². The average Bonchev–Trinajstić information content (AvgIpc) is 2.46. The topological polar surface area (TPSA) is 30.3 Å². The van der Waals surface area contributed by atoms with Crippen molar-refractivity contribution in [3.05, 3.63) is 34.9 Å². The van der Waals surface area contributed by atoms with Crippen LogP contribution >= 0.6 is 0 Å². The lowest BCUT2D eigenvalue weighted by Crippen LogP contribution is -2.49. The molecule has 0 saturated carbocycles. The fourth-order valence-corrected chi connectivity index (χ4v) is 2.99. The Hall–Kier alpha value is -1.37. The predicted molar refractivity (Wildman–Crippen MR) is 82.5 cm³/mol. The van der Waals surface area contributed by atoms with Crippen molar-refractivity contribution < 1.29 is 0 Å². The normalized spacial score (nSPS) is 18.7. The molecule has 1 aromatic carbocycles. The first-order chi connectivity index (χ1) is 9.65. The highest BCUT2D eigenvalue weighted by Gasteiger charge is 2.22. The van der Waals surface area contributed by atoms with Gasteiger partial charge < -0.3 is 0 Å². The summed E-state index contributed by atoms with van der Waals surface area (Å²) in [5.74, 6) is 0. The fraction of sp³-hybridized carbons (Fsp3) is 0.588. The molecular formula is C17H25N3. The standard InChI is InChI=1S/C17H25N3/c1-4-16(12-18)20-10-8-19(9-11-20)13-17-14(2)6-5-7-15(17)3/h5-7,16H,4,8-11,13H2,1-3H3. The summed E-state index contributed by atoms with van der Waals surface area (Å²) in [6.45, 7) is 11.7. The summed E-state index contributed by atoms with van der Waals surface area (Å²) >= 11 is 0. The average molecular weight is 271 g/mol. The van der Waals surface area contributed by atoms with Crippen LogP contribution in [0, 0.1) is 25.2 Å². The summed E-state index contributed by atoms with van der Waals surface area (Å²) in [6.07, 6.45) is 0.924. The molecule has 1 saturated heterocycles. The van der Waals surface area contributed by atoms with Crippen LogP contribution in [0.1, 0.15) is 30.0 Å². The Balaban J connectivity index is 1.94. The Labute approximate surface area is 122 Å². The molecule has 0 aliphatic carbocycles. The highest BCUT2D eigenvalue weighted by atomic mass is 15.3. The minimum atomic E-state index is 0.0948. The SMILES string of the molecule is CCC(C#N)N1CCN(Cc2c(C)cccc2C)CC1. The van der Waals surface area contributed by atoms with Crippen molar-refractivity contribution in [2.24, 2.45) is 0 Å². The molecule has 1 heterocycles. The van der Waals surface area contributed by atoms with Crippen LogP contribution in [0.25, 0.3) is 0 Å². The van der Waals surface area contributed by atoms with Crippen LogP contribution in [-0.2, 0) is 6.54 Å². The molecule has 20 heavy (non-hydrogen) atoms. The van der Waals surface area contributed by atoms with Gasteiger partial charge in [0.15, 0.2) is 0 Å². The minimum Gasteiger partial charge on any atom is -0.297 e. The molecule has 3 heteroatoms. The lowest BCUT2D eigenvalue weighted by Gasteiger charge is -2.37. The third kappa shape index (κ3) is 3.39. The van der Waals surface area contributed by atoms with Gasteiger partial charge in [-0.2, -0.15) is 5.26 Å². The third-order valence-electron chi connectivity index (χ3n) is 4.41. The molecule has 0 aromatic heterocycles. The Morgan fingerprint density at radius 2 is 1.75 bits per heavy atom. The molecule has 0 amide bonds. The van der Waals surface area contributed by atoms with Crippen LogP contribution in [-0.4, -0.2) is 42.0 Å². The molecule has 108 valence electrons. The van der Waals surface area contributed by atoms with E-state index in [-0.39, 0.29) is 6.04 Å². The van der Waals surface area contributed by atoms with Crippen molar-refractivity contribution in [2.75, 3.05) is 26.2 Å². The number of piperazine rings is 1. The summed E-state index contributed by atoms with van der Waals surface area (Å²) < 4.78 is 0. The summed E-state index contributed by atoms with van der Waals surface area (Å²) in [6, 6.07) is 9.03. The van der Waals surface area contributed by atoms with Gasteiger partial charge in [0.25, 0.3) is 0 Å². The molecule has 0 spiro atoms. The lowest BCUT2D eigenvalue weighted by atomic mass is 10.0. The molecule has 1 aliphatic rings. The van der Waals surface area contributed by atoms with Gasteiger partial charge in [-0.1, -0.05) is 25.1 Å². The first-order valence-electron chi connectivity index (χ1n) is 7.56. The molecule has 1 aliphatic heterocycles. The van der Waals surface area contributed by atoms with E-state index in [9.17, 15) is 0 Å². The van der Waals surface area contributed by atoms with Gasteiger partial charge in [0.05, 0.1) is 12.1 Å². The second-order valence-electron chi connectivity index (χ2n) is 5.74. The highest BCUT2D eigenvalue weighted by molar-refractivity contribution is 5.33. The molecule has 1 unspecified atom stereocenters.